The van der Waals surface area contributed by atoms with E-state index in [1.54, 1.807) is 0 Å². The summed E-state index contributed by atoms with van der Waals surface area (Å²) in [6, 6.07) is 5.17. The Bertz CT molecular complexity index is 540. The van der Waals surface area contributed by atoms with Gasteiger partial charge in [-0.25, -0.2) is 4.39 Å². The highest BCUT2D eigenvalue weighted by Crippen LogP contribution is 2.34. The summed E-state index contributed by atoms with van der Waals surface area (Å²) in [4.78, 5) is 35.6. The van der Waals surface area contributed by atoms with Crippen molar-refractivity contribution in [3.63, 3.8) is 0 Å². The molecular formula is C13H12FNO4. The molecule has 1 aliphatic rings. The molecule has 1 aromatic carbocycles. The number of benzene rings is 1. The maximum absolute atomic E-state index is 12.9. The smallest absolute Gasteiger partial charge is 0.316 e. The van der Waals surface area contributed by atoms with Crippen molar-refractivity contribution in [2.45, 2.75) is 12.3 Å². The molecule has 2 atom stereocenters. The highest BCUT2D eigenvalue weighted by Gasteiger charge is 2.44. The fourth-order valence-electron chi connectivity index (χ4n) is 2.24. The molecule has 0 saturated carbocycles. The van der Waals surface area contributed by atoms with Gasteiger partial charge in [0.15, 0.2) is 0 Å². The number of piperidine rings is 1. The van der Waals surface area contributed by atoms with E-state index >= 15 is 0 Å². The van der Waals surface area contributed by atoms with Gasteiger partial charge in [0.25, 0.3) is 0 Å². The summed E-state index contributed by atoms with van der Waals surface area (Å²) in [7, 11) is 1.27. The summed E-state index contributed by atoms with van der Waals surface area (Å²) in [6.45, 7) is 0. The van der Waals surface area contributed by atoms with E-state index in [1.807, 2.05) is 0 Å². The van der Waals surface area contributed by atoms with E-state index in [0.29, 0.717) is 5.56 Å². The lowest BCUT2D eigenvalue weighted by Gasteiger charge is -2.32. The lowest BCUT2D eigenvalue weighted by molar-refractivity contribution is -0.159. The van der Waals surface area contributed by atoms with E-state index in [4.69, 9.17) is 5.11 Å². The zero-order valence-corrected chi connectivity index (χ0v) is 10.2. The molecule has 1 fully saturated rings. The van der Waals surface area contributed by atoms with E-state index < -0.39 is 35.4 Å². The molecular weight excluding hydrogens is 253 g/mol. The van der Waals surface area contributed by atoms with Crippen molar-refractivity contribution >= 4 is 17.8 Å². The Labute approximate surface area is 108 Å². The van der Waals surface area contributed by atoms with Gasteiger partial charge in [0.05, 0.1) is 0 Å². The third-order valence-electron chi connectivity index (χ3n) is 3.33. The summed E-state index contributed by atoms with van der Waals surface area (Å²) >= 11 is 0. The number of carboxylic acid groups (broad SMARTS) is 1. The molecule has 0 radical (unpaired) electrons. The lowest BCUT2D eigenvalue weighted by atomic mass is 9.79. The number of carboxylic acids is 1. The first-order valence-electron chi connectivity index (χ1n) is 5.70. The summed E-state index contributed by atoms with van der Waals surface area (Å²) in [5.41, 5.74) is 0.476. The molecule has 0 aromatic heterocycles. The zero-order chi connectivity index (χ0) is 14.2. The van der Waals surface area contributed by atoms with E-state index in [2.05, 4.69) is 0 Å². The molecule has 100 valence electrons. The van der Waals surface area contributed by atoms with E-state index in [0.717, 1.165) is 4.90 Å². The Kier molecular flexibility index (Phi) is 3.33. The largest absolute Gasteiger partial charge is 0.481 e. The minimum absolute atomic E-state index is 0.0785. The second kappa shape index (κ2) is 4.79. The molecule has 0 aliphatic carbocycles. The number of carbonyl (C=O) groups is 3. The van der Waals surface area contributed by atoms with Gasteiger partial charge in [-0.05, 0) is 17.7 Å². The SMILES string of the molecule is CN1C(=O)C[C@@H](c2ccc(F)cc2)[C@H](C(=O)O)C1=O. The minimum atomic E-state index is -1.31. The summed E-state index contributed by atoms with van der Waals surface area (Å²) in [5, 5.41) is 9.17. The fraction of sp³-hybridized carbons (Fsp3) is 0.308. The minimum Gasteiger partial charge on any atom is -0.481 e. The molecule has 2 amide bonds. The van der Waals surface area contributed by atoms with Crippen LogP contribution in [0.3, 0.4) is 0 Å². The van der Waals surface area contributed by atoms with Crippen molar-refractivity contribution < 1.29 is 23.9 Å². The van der Waals surface area contributed by atoms with Gasteiger partial charge in [-0.1, -0.05) is 12.1 Å². The number of imide groups is 1. The molecule has 0 spiro atoms. The third kappa shape index (κ3) is 2.33. The highest BCUT2D eigenvalue weighted by molar-refractivity contribution is 6.08. The molecule has 0 bridgehead atoms. The van der Waals surface area contributed by atoms with Crippen molar-refractivity contribution in [1.29, 1.82) is 0 Å². The summed E-state index contributed by atoms with van der Waals surface area (Å²) in [5.74, 6) is -4.97. The number of hydrogen-bond acceptors (Lipinski definition) is 3. The van der Waals surface area contributed by atoms with Gasteiger partial charge in [0, 0.05) is 19.4 Å². The monoisotopic (exact) mass is 265 g/mol. The van der Waals surface area contributed by atoms with Crippen LogP contribution in [0.5, 0.6) is 0 Å². The van der Waals surface area contributed by atoms with Crippen LogP contribution in [0.15, 0.2) is 24.3 Å². The van der Waals surface area contributed by atoms with Crippen molar-refractivity contribution in [2.24, 2.45) is 5.92 Å². The number of hydrogen-bond donors (Lipinski definition) is 1. The van der Waals surface area contributed by atoms with Crippen LogP contribution in [0.4, 0.5) is 4.39 Å². The number of carbonyl (C=O) groups excluding carboxylic acids is 2. The first-order chi connectivity index (χ1) is 8.91. The number of amides is 2. The summed E-state index contributed by atoms with van der Waals surface area (Å²) in [6.07, 6.45) is -0.0785. The van der Waals surface area contributed by atoms with E-state index in [-0.39, 0.29) is 6.42 Å². The first-order valence-corrected chi connectivity index (χ1v) is 5.70. The Morgan fingerprint density at radius 1 is 1.32 bits per heavy atom. The van der Waals surface area contributed by atoms with Crippen molar-refractivity contribution in [2.75, 3.05) is 7.05 Å². The molecule has 1 saturated heterocycles. The highest BCUT2D eigenvalue weighted by atomic mass is 19.1. The molecule has 1 aromatic rings. The van der Waals surface area contributed by atoms with E-state index in [9.17, 15) is 18.8 Å². The van der Waals surface area contributed by atoms with Crippen LogP contribution < -0.4 is 0 Å². The molecule has 1 N–H and O–H groups in total. The molecule has 6 heteroatoms. The van der Waals surface area contributed by atoms with Crippen molar-refractivity contribution in [3.8, 4) is 0 Å². The van der Waals surface area contributed by atoms with Crippen LogP contribution in [-0.2, 0) is 14.4 Å². The van der Waals surface area contributed by atoms with Crippen molar-refractivity contribution in [1.82, 2.24) is 4.90 Å². The van der Waals surface area contributed by atoms with Crippen LogP contribution in [0, 0.1) is 11.7 Å². The Morgan fingerprint density at radius 3 is 2.42 bits per heavy atom. The van der Waals surface area contributed by atoms with Crippen LogP contribution in [0.2, 0.25) is 0 Å². The van der Waals surface area contributed by atoms with Gasteiger partial charge in [-0.2, -0.15) is 0 Å². The van der Waals surface area contributed by atoms with Gasteiger partial charge < -0.3 is 5.11 Å². The van der Waals surface area contributed by atoms with Gasteiger partial charge in [0.1, 0.15) is 11.7 Å². The second-order valence-electron chi connectivity index (χ2n) is 4.47. The van der Waals surface area contributed by atoms with Crippen LogP contribution >= 0.6 is 0 Å². The first kappa shape index (κ1) is 13.2. The average molecular weight is 265 g/mol. The number of halogens is 1. The predicted molar refractivity (Wildman–Crippen MR) is 62.7 cm³/mol. The van der Waals surface area contributed by atoms with Gasteiger partial charge in [0.2, 0.25) is 11.8 Å². The van der Waals surface area contributed by atoms with Gasteiger partial charge in [-0.15, -0.1) is 0 Å². The number of rotatable bonds is 2. The Morgan fingerprint density at radius 2 is 1.89 bits per heavy atom. The maximum Gasteiger partial charge on any atom is 0.316 e. The van der Waals surface area contributed by atoms with Crippen LogP contribution in [0.1, 0.15) is 17.9 Å². The fourth-order valence-corrected chi connectivity index (χ4v) is 2.24. The third-order valence-corrected chi connectivity index (χ3v) is 3.33. The molecule has 0 unspecified atom stereocenters. The standard InChI is InChI=1S/C13H12FNO4/c1-15-10(16)6-9(11(12(15)17)13(18)19)7-2-4-8(14)5-3-7/h2-5,9,11H,6H2,1H3,(H,18,19)/t9-,11-/m0/s1. The number of nitrogens with zero attached hydrogens (tertiary/aromatic N) is 1. The topological polar surface area (TPSA) is 74.7 Å². The van der Waals surface area contributed by atoms with Crippen LogP contribution in [0.25, 0.3) is 0 Å². The lowest BCUT2D eigenvalue weighted by Crippen LogP contribution is -2.48. The van der Waals surface area contributed by atoms with E-state index in [1.165, 1.54) is 31.3 Å². The van der Waals surface area contributed by atoms with Crippen LogP contribution in [-0.4, -0.2) is 34.8 Å². The molecule has 5 nitrogen and oxygen atoms in total. The average Bonchev–Trinajstić information content (AvgIpc) is 2.36. The van der Waals surface area contributed by atoms with Gasteiger partial charge >= 0.3 is 5.97 Å². The Hall–Kier alpha value is -2.24. The molecule has 1 heterocycles. The van der Waals surface area contributed by atoms with Gasteiger partial charge in [-0.3, -0.25) is 19.3 Å². The molecule has 2 rings (SSSR count). The van der Waals surface area contributed by atoms with Crippen molar-refractivity contribution in [3.05, 3.63) is 35.6 Å². The second-order valence-corrected chi connectivity index (χ2v) is 4.47. The zero-order valence-electron chi connectivity index (χ0n) is 10.2. The maximum atomic E-state index is 12.9. The molecule has 19 heavy (non-hydrogen) atoms. The molecule has 1 aliphatic heterocycles. The predicted octanol–water partition coefficient (Wildman–Crippen LogP) is 0.999. The number of aliphatic carboxylic acids is 1. The quantitative estimate of drug-likeness (QED) is 0.639. The normalized spacial score (nSPS) is 23.6. The number of likely N-dealkylation sites (tertiary alicyclic amines) is 1. The Balaban J connectivity index is 2.41. The summed E-state index contributed by atoms with van der Waals surface area (Å²) < 4.78 is 12.9.